The molecule has 3 aromatic rings. The zero-order valence-electron chi connectivity index (χ0n) is 17.8. The first kappa shape index (κ1) is 21.7. The number of anilines is 1. The summed E-state index contributed by atoms with van der Waals surface area (Å²) in [7, 11) is 1.72. The minimum atomic E-state index is -0.617. The standard InChI is InChI=1S/C24H23N3O4S/c1-3-31-19(28)13-16-14-32-24(25-16)26-22(29)20-17-11-7-8-12-18(17)23(30)27(2)21(20)15-9-5-4-6-10-15/h4-12,14,20-21H,3,13H2,1-2H3,(H,25,26,29)/t20-,21+/m0/s1. The first-order chi connectivity index (χ1) is 15.5. The highest BCUT2D eigenvalue weighted by molar-refractivity contribution is 7.13. The van der Waals surface area contributed by atoms with Crippen LogP contribution in [0.2, 0.25) is 0 Å². The van der Waals surface area contributed by atoms with Crippen LogP contribution in [0.1, 0.15) is 46.1 Å². The van der Waals surface area contributed by atoms with Crippen LogP contribution in [0.3, 0.4) is 0 Å². The number of carbonyl (C=O) groups is 3. The quantitative estimate of drug-likeness (QED) is 0.579. The van der Waals surface area contributed by atoms with Gasteiger partial charge in [0.1, 0.15) is 0 Å². The van der Waals surface area contributed by atoms with Gasteiger partial charge in [0.05, 0.1) is 30.7 Å². The maximum absolute atomic E-state index is 13.5. The lowest BCUT2D eigenvalue weighted by Gasteiger charge is -2.39. The minimum absolute atomic E-state index is 0.0519. The van der Waals surface area contributed by atoms with Crippen LogP contribution < -0.4 is 5.32 Å². The van der Waals surface area contributed by atoms with Gasteiger partial charge >= 0.3 is 5.97 Å². The van der Waals surface area contributed by atoms with E-state index in [-0.39, 0.29) is 24.2 Å². The van der Waals surface area contributed by atoms with E-state index in [1.165, 1.54) is 11.3 Å². The summed E-state index contributed by atoms with van der Waals surface area (Å²) in [5, 5.41) is 5.02. The number of amides is 2. The van der Waals surface area contributed by atoms with E-state index in [4.69, 9.17) is 4.74 Å². The number of likely N-dealkylation sites (N-methyl/N-ethyl adjacent to an activating group) is 1. The van der Waals surface area contributed by atoms with Crippen LogP contribution in [-0.2, 0) is 20.7 Å². The summed E-state index contributed by atoms with van der Waals surface area (Å²) < 4.78 is 4.96. The van der Waals surface area contributed by atoms with E-state index >= 15 is 0 Å². The largest absolute Gasteiger partial charge is 0.466 e. The van der Waals surface area contributed by atoms with E-state index in [0.29, 0.717) is 28.6 Å². The van der Waals surface area contributed by atoms with E-state index in [2.05, 4.69) is 10.3 Å². The summed E-state index contributed by atoms with van der Waals surface area (Å²) in [5.74, 6) is -1.36. The molecule has 164 valence electrons. The fourth-order valence-corrected chi connectivity index (χ4v) is 4.73. The first-order valence-corrected chi connectivity index (χ1v) is 11.2. The summed E-state index contributed by atoms with van der Waals surface area (Å²) in [5.41, 5.74) is 2.62. The van der Waals surface area contributed by atoms with Crippen molar-refractivity contribution in [2.75, 3.05) is 19.0 Å². The molecule has 0 unspecified atom stereocenters. The zero-order valence-corrected chi connectivity index (χ0v) is 18.6. The van der Waals surface area contributed by atoms with Crippen molar-refractivity contribution in [2.24, 2.45) is 0 Å². The van der Waals surface area contributed by atoms with Crippen molar-refractivity contribution in [1.82, 2.24) is 9.88 Å². The summed E-state index contributed by atoms with van der Waals surface area (Å²) >= 11 is 1.25. The molecular formula is C24H23N3O4S. The van der Waals surface area contributed by atoms with Gasteiger partial charge in [-0.25, -0.2) is 4.98 Å². The van der Waals surface area contributed by atoms with E-state index in [1.54, 1.807) is 36.4 Å². The molecule has 1 aliphatic rings. The third kappa shape index (κ3) is 4.27. The number of ether oxygens (including phenoxy) is 1. The Morgan fingerprint density at radius 1 is 1.12 bits per heavy atom. The molecule has 7 nitrogen and oxygen atoms in total. The molecule has 1 aromatic heterocycles. The number of thiazole rings is 1. The van der Waals surface area contributed by atoms with Crippen molar-refractivity contribution in [3.05, 3.63) is 82.4 Å². The number of hydrogen-bond acceptors (Lipinski definition) is 6. The molecule has 0 aliphatic carbocycles. The maximum Gasteiger partial charge on any atom is 0.311 e. The normalized spacial score (nSPS) is 17.6. The van der Waals surface area contributed by atoms with Gasteiger partial charge in [0.25, 0.3) is 5.91 Å². The van der Waals surface area contributed by atoms with Gasteiger partial charge in [-0.3, -0.25) is 14.4 Å². The molecule has 8 heteroatoms. The number of esters is 1. The highest BCUT2D eigenvalue weighted by atomic mass is 32.1. The number of carbonyl (C=O) groups excluding carboxylic acids is 3. The third-order valence-electron chi connectivity index (χ3n) is 5.42. The van der Waals surface area contributed by atoms with E-state index < -0.39 is 12.0 Å². The number of fused-ring (bicyclic) bond motifs is 1. The molecule has 32 heavy (non-hydrogen) atoms. The summed E-state index contributed by atoms with van der Waals surface area (Å²) in [4.78, 5) is 44.2. The zero-order chi connectivity index (χ0) is 22.7. The monoisotopic (exact) mass is 449 g/mol. The van der Waals surface area contributed by atoms with Crippen LogP contribution in [0.15, 0.2) is 60.0 Å². The number of nitrogens with one attached hydrogen (secondary N) is 1. The molecular weight excluding hydrogens is 426 g/mol. The molecule has 0 fully saturated rings. The van der Waals surface area contributed by atoms with Crippen LogP contribution in [0, 0.1) is 0 Å². The average molecular weight is 450 g/mol. The number of nitrogens with zero attached hydrogens (tertiary/aromatic N) is 2. The highest BCUT2D eigenvalue weighted by Gasteiger charge is 2.42. The van der Waals surface area contributed by atoms with E-state index in [1.807, 2.05) is 42.5 Å². The topological polar surface area (TPSA) is 88.6 Å². The molecule has 0 radical (unpaired) electrons. The van der Waals surface area contributed by atoms with Crippen LogP contribution in [0.25, 0.3) is 0 Å². The predicted molar refractivity (Wildman–Crippen MR) is 122 cm³/mol. The second-order valence-corrected chi connectivity index (χ2v) is 8.31. The van der Waals surface area contributed by atoms with Gasteiger partial charge in [0, 0.05) is 18.0 Å². The summed E-state index contributed by atoms with van der Waals surface area (Å²) in [6, 6.07) is 16.3. The van der Waals surface area contributed by atoms with Crippen LogP contribution in [0.4, 0.5) is 5.13 Å². The van der Waals surface area contributed by atoms with Crippen molar-refractivity contribution in [3.8, 4) is 0 Å². The maximum atomic E-state index is 13.5. The van der Waals surface area contributed by atoms with E-state index in [0.717, 1.165) is 5.56 Å². The second-order valence-electron chi connectivity index (χ2n) is 7.45. The van der Waals surface area contributed by atoms with E-state index in [9.17, 15) is 14.4 Å². The Balaban J connectivity index is 1.65. The van der Waals surface area contributed by atoms with Crippen molar-refractivity contribution in [1.29, 1.82) is 0 Å². The molecule has 2 aromatic carbocycles. The van der Waals surface area contributed by atoms with Gasteiger partial charge < -0.3 is 15.0 Å². The second kappa shape index (κ2) is 9.32. The lowest BCUT2D eigenvalue weighted by molar-refractivity contribution is -0.142. The molecule has 1 N–H and O–H groups in total. The SMILES string of the molecule is CCOC(=O)Cc1csc(NC(=O)[C@H]2c3ccccc3C(=O)N(C)[C@@H]2c2ccccc2)n1. The van der Waals surface area contributed by atoms with Gasteiger partial charge in [-0.05, 0) is 24.1 Å². The fraction of sp³-hybridized carbons (Fsp3) is 0.250. The Morgan fingerprint density at radius 2 is 1.84 bits per heavy atom. The molecule has 4 rings (SSSR count). The summed E-state index contributed by atoms with van der Waals surface area (Å²) in [6.07, 6.45) is 0.0519. The molecule has 2 heterocycles. The Hall–Kier alpha value is -3.52. The van der Waals surface area contributed by atoms with Crippen molar-refractivity contribution in [2.45, 2.75) is 25.3 Å². The van der Waals surface area contributed by atoms with Gasteiger partial charge in [-0.15, -0.1) is 11.3 Å². The minimum Gasteiger partial charge on any atom is -0.466 e. The fourth-order valence-electron chi connectivity index (χ4n) is 4.01. The molecule has 0 bridgehead atoms. The smallest absolute Gasteiger partial charge is 0.311 e. The van der Waals surface area contributed by atoms with Gasteiger partial charge in [0.15, 0.2) is 5.13 Å². The molecule has 0 spiro atoms. The average Bonchev–Trinajstić information content (AvgIpc) is 3.23. The molecule has 0 saturated heterocycles. The summed E-state index contributed by atoms with van der Waals surface area (Å²) in [6.45, 7) is 2.05. The third-order valence-corrected chi connectivity index (χ3v) is 6.22. The molecule has 1 aliphatic heterocycles. The van der Waals surface area contributed by atoms with Gasteiger partial charge in [-0.2, -0.15) is 0 Å². The first-order valence-electron chi connectivity index (χ1n) is 10.3. The molecule has 2 atom stereocenters. The number of aromatic nitrogens is 1. The van der Waals surface area contributed by atoms with Crippen molar-refractivity contribution >= 4 is 34.3 Å². The van der Waals surface area contributed by atoms with Crippen LogP contribution in [0.5, 0.6) is 0 Å². The lowest BCUT2D eigenvalue weighted by atomic mass is 9.79. The predicted octanol–water partition coefficient (Wildman–Crippen LogP) is 3.80. The number of hydrogen-bond donors (Lipinski definition) is 1. The highest BCUT2D eigenvalue weighted by Crippen LogP contribution is 2.42. The van der Waals surface area contributed by atoms with Crippen LogP contribution in [-0.4, -0.2) is 41.3 Å². The van der Waals surface area contributed by atoms with Crippen molar-refractivity contribution < 1.29 is 19.1 Å². The Kier molecular flexibility index (Phi) is 6.32. The Morgan fingerprint density at radius 3 is 2.59 bits per heavy atom. The number of rotatable bonds is 6. The Labute approximate surface area is 190 Å². The molecule has 0 saturated carbocycles. The number of benzene rings is 2. The Bertz CT molecular complexity index is 1140. The van der Waals surface area contributed by atoms with Crippen LogP contribution >= 0.6 is 11.3 Å². The molecule has 2 amide bonds. The van der Waals surface area contributed by atoms with Crippen molar-refractivity contribution in [3.63, 3.8) is 0 Å². The van der Waals surface area contributed by atoms with Gasteiger partial charge in [0.2, 0.25) is 5.91 Å². The lowest BCUT2D eigenvalue weighted by Crippen LogP contribution is -2.44. The van der Waals surface area contributed by atoms with Gasteiger partial charge in [-0.1, -0.05) is 48.5 Å².